The van der Waals surface area contributed by atoms with Crippen molar-refractivity contribution in [3.05, 3.63) is 65.5 Å². The lowest BCUT2D eigenvalue weighted by atomic mass is 10.0. The molecule has 0 aliphatic carbocycles. The summed E-state index contributed by atoms with van der Waals surface area (Å²) in [7, 11) is 6.98. The second-order valence-electron chi connectivity index (χ2n) is 6.96. The van der Waals surface area contributed by atoms with E-state index in [9.17, 15) is 9.90 Å². The third-order valence-electron chi connectivity index (χ3n) is 4.59. The van der Waals surface area contributed by atoms with Gasteiger partial charge in [0.05, 0.1) is 14.2 Å². The summed E-state index contributed by atoms with van der Waals surface area (Å²) in [5.41, 5.74) is 2.84. The smallest absolute Gasteiger partial charge is 0.340 e. The fourth-order valence-electron chi connectivity index (χ4n) is 3.32. The Hall–Kier alpha value is -3.32. The van der Waals surface area contributed by atoms with E-state index in [2.05, 4.69) is 34.1 Å². The third-order valence-corrected chi connectivity index (χ3v) is 4.59. The number of rotatable bonds is 8. The summed E-state index contributed by atoms with van der Waals surface area (Å²) >= 11 is 0. The maximum absolute atomic E-state index is 12.0. The number of methoxy groups -OCH3 is 2. The zero-order valence-corrected chi connectivity index (χ0v) is 17.0. The molecule has 1 N–H and O–H groups in total. The Labute approximate surface area is 170 Å². The molecule has 0 spiro atoms. The van der Waals surface area contributed by atoms with Crippen LogP contribution in [-0.4, -0.2) is 53.8 Å². The number of aromatic nitrogens is 2. The Balaban J connectivity index is 1.97. The van der Waals surface area contributed by atoms with Gasteiger partial charge in [0.25, 0.3) is 0 Å². The van der Waals surface area contributed by atoms with Crippen LogP contribution in [-0.2, 0) is 13.1 Å². The van der Waals surface area contributed by atoms with Gasteiger partial charge in [-0.05, 0) is 37.4 Å². The van der Waals surface area contributed by atoms with Crippen LogP contribution in [0.3, 0.4) is 0 Å². The van der Waals surface area contributed by atoms with Crippen LogP contribution >= 0.6 is 0 Å². The standard InChI is InChI=1S/C22H25N3O4/c1-24(2)13-15-5-7-16(8-6-15)14-25-12-11-23-21(25)17-9-10-18(28-3)20(29-4)19(17)22(26)27/h5-12H,13-14H2,1-4H3,(H,26,27). The van der Waals surface area contributed by atoms with E-state index < -0.39 is 5.97 Å². The average molecular weight is 395 g/mol. The highest BCUT2D eigenvalue weighted by molar-refractivity contribution is 5.99. The molecule has 3 rings (SSSR count). The first kappa shape index (κ1) is 20.4. The van der Waals surface area contributed by atoms with Crippen molar-refractivity contribution in [2.24, 2.45) is 0 Å². The highest BCUT2D eigenvalue weighted by Crippen LogP contribution is 2.37. The number of hydrogen-bond acceptors (Lipinski definition) is 5. The normalized spacial score (nSPS) is 10.9. The average Bonchev–Trinajstić information content (AvgIpc) is 3.15. The van der Waals surface area contributed by atoms with Crippen molar-refractivity contribution in [1.29, 1.82) is 0 Å². The predicted octanol–water partition coefficient (Wildman–Crippen LogP) is 3.38. The minimum absolute atomic E-state index is 0.0284. The number of hydrogen-bond donors (Lipinski definition) is 1. The van der Waals surface area contributed by atoms with E-state index in [1.54, 1.807) is 18.3 Å². The summed E-state index contributed by atoms with van der Waals surface area (Å²) in [5.74, 6) is 0.00221. The van der Waals surface area contributed by atoms with Crippen LogP contribution in [0.4, 0.5) is 0 Å². The SMILES string of the molecule is COc1ccc(-c2nccn2Cc2ccc(CN(C)C)cc2)c(C(=O)O)c1OC. The van der Waals surface area contributed by atoms with Crippen LogP contribution in [0.5, 0.6) is 11.5 Å². The number of ether oxygens (including phenoxy) is 2. The number of carbonyl (C=O) groups is 1. The molecule has 0 radical (unpaired) electrons. The maximum Gasteiger partial charge on any atom is 0.340 e. The first-order valence-corrected chi connectivity index (χ1v) is 9.17. The summed E-state index contributed by atoms with van der Waals surface area (Å²) in [4.78, 5) is 18.5. The molecule has 0 saturated heterocycles. The quantitative estimate of drug-likeness (QED) is 0.630. The number of benzene rings is 2. The summed E-state index contributed by atoms with van der Waals surface area (Å²) in [5, 5.41) is 9.80. The fourth-order valence-corrected chi connectivity index (χ4v) is 3.32. The van der Waals surface area contributed by atoms with Crippen molar-refractivity contribution in [2.75, 3.05) is 28.3 Å². The van der Waals surface area contributed by atoms with Gasteiger partial charge in [-0.15, -0.1) is 0 Å². The molecular weight excluding hydrogens is 370 g/mol. The second-order valence-corrected chi connectivity index (χ2v) is 6.96. The van der Waals surface area contributed by atoms with Gasteiger partial charge in [0.1, 0.15) is 11.4 Å². The van der Waals surface area contributed by atoms with Crippen LogP contribution in [0.1, 0.15) is 21.5 Å². The van der Waals surface area contributed by atoms with E-state index in [0.29, 0.717) is 23.7 Å². The van der Waals surface area contributed by atoms with Gasteiger partial charge >= 0.3 is 5.97 Å². The Morgan fingerprint density at radius 3 is 2.34 bits per heavy atom. The first-order valence-electron chi connectivity index (χ1n) is 9.17. The van der Waals surface area contributed by atoms with Gasteiger partial charge in [-0.25, -0.2) is 9.78 Å². The molecule has 7 heteroatoms. The van der Waals surface area contributed by atoms with Gasteiger partial charge in [-0.2, -0.15) is 0 Å². The van der Waals surface area contributed by atoms with Gasteiger partial charge in [-0.3, -0.25) is 0 Å². The van der Waals surface area contributed by atoms with Crippen molar-refractivity contribution in [1.82, 2.24) is 14.5 Å². The lowest BCUT2D eigenvalue weighted by Crippen LogP contribution is -2.10. The number of carboxylic acids is 1. The highest BCUT2D eigenvalue weighted by Gasteiger charge is 2.24. The van der Waals surface area contributed by atoms with Crippen LogP contribution in [0, 0.1) is 0 Å². The van der Waals surface area contributed by atoms with Gasteiger partial charge in [0.2, 0.25) is 0 Å². The summed E-state index contributed by atoms with van der Waals surface area (Å²) in [6.45, 7) is 1.45. The van der Waals surface area contributed by atoms with Gasteiger partial charge in [0, 0.05) is 31.0 Å². The molecule has 0 bridgehead atoms. The molecule has 1 heterocycles. The van der Waals surface area contributed by atoms with E-state index in [1.165, 1.54) is 19.8 Å². The fraction of sp³-hybridized carbons (Fsp3) is 0.273. The summed E-state index contributed by atoms with van der Waals surface area (Å²) in [6.07, 6.45) is 3.50. The molecule has 152 valence electrons. The van der Waals surface area contributed by atoms with Gasteiger partial charge < -0.3 is 24.0 Å². The van der Waals surface area contributed by atoms with Crippen molar-refractivity contribution in [3.8, 4) is 22.9 Å². The first-order chi connectivity index (χ1) is 13.9. The summed E-state index contributed by atoms with van der Waals surface area (Å²) in [6, 6.07) is 11.8. The van der Waals surface area contributed by atoms with Crippen molar-refractivity contribution < 1.29 is 19.4 Å². The third kappa shape index (κ3) is 4.41. The molecule has 0 fully saturated rings. The molecule has 0 aliphatic heterocycles. The van der Waals surface area contributed by atoms with E-state index in [4.69, 9.17) is 9.47 Å². The topological polar surface area (TPSA) is 76.8 Å². The maximum atomic E-state index is 12.0. The molecule has 2 aromatic carbocycles. The predicted molar refractivity (Wildman–Crippen MR) is 111 cm³/mol. The summed E-state index contributed by atoms with van der Waals surface area (Å²) < 4.78 is 12.5. The van der Waals surface area contributed by atoms with Crippen molar-refractivity contribution >= 4 is 5.97 Å². The monoisotopic (exact) mass is 395 g/mol. The second kappa shape index (κ2) is 8.79. The number of carboxylic acid groups (broad SMARTS) is 1. The Morgan fingerprint density at radius 2 is 1.76 bits per heavy atom. The van der Waals surface area contributed by atoms with E-state index in [0.717, 1.165) is 12.1 Å². The molecule has 0 aliphatic rings. The Morgan fingerprint density at radius 1 is 1.07 bits per heavy atom. The van der Waals surface area contributed by atoms with E-state index in [-0.39, 0.29) is 11.3 Å². The van der Waals surface area contributed by atoms with Crippen LogP contribution in [0.25, 0.3) is 11.4 Å². The molecule has 29 heavy (non-hydrogen) atoms. The van der Waals surface area contributed by atoms with E-state index >= 15 is 0 Å². The number of nitrogens with zero attached hydrogens (tertiary/aromatic N) is 3. The Kier molecular flexibility index (Phi) is 6.19. The van der Waals surface area contributed by atoms with E-state index in [1.807, 2.05) is 24.9 Å². The van der Waals surface area contributed by atoms with Crippen LogP contribution < -0.4 is 9.47 Å². The molecule has 1 aromatic heterocycles. The number of imidazole rings is 1. The highest BCUT2D eigenvalue weighted by atomic mass is 16.5. The molecule has 3 aromatic rings. The van der Waals surface area contributed by atoms with Gasteiger partial charge in [-0.1, -0.05) is 24.3 Å². The minimum atomic E-state index is -1.10. The zero-order chi connectivity index (χ0) is 21.0. The molecule has 0 atom stereocenters. The molecule has 0 saturated carbocycles. The Bertz CT molecular complexity index is 994. The lowest BCUT2D eigenvalue weighted by molar-refractivity contribution is 0.0693. The van der Waals surface area contributed by atoms with Gasteiger partial charge in [0.15, 0.2) is 11.5 Å². The molecule has 0 unspecified atom stereocenters. The van der Waals surface area contributed by atoms with Crippen molar-refractivity contribution in [3.63, 3.8) is 0 Å². The van der Waals surface area contributed by atoms with Crippen molar-refractivity contribution in [2.45, 2.75) is 13.1 Å². The van der Waals surface area contributed by atoms with Crippen LogP contribution in [0.15, 0.2) is 48.8 Å². The van der Waals surface area contributed by atoms with Crippen LogP contribution in [0.2, 0.25) is 0 Å². The zero-order valence-electron chi connectivity index (χ0n) is 17.0. The molecular formula is C22H25N3O4. The minimum Gasteiger partial charge on any atom is -0.493 e. The largest absolute Gasteiger partial charge is 0.493 e. The molecule has 7 nitrogen and oxygen atoms in total. The number of aromatic carboxylic acids is 1. The molecule has 0 amide bonds. The lowest BCUT2D eigenvalue weighted by Gasteiger charge is -2.15.